The average molecular weight is 627 g/mol. The molecule has 0 aliphatic rings. The van der Waals surface area contributed by atoms with E-state index in [1.54, 1.807) is 30.3 Å². The molecule has 0 saturated heterocycles. The van der Waals surface area contributed by atoms with Gasteiger partial charge in [-0.3, -0.25) is 4.79 Å². The molecule has 1 aromatic heterocycles. The quantitative estimate of drug-likeness (QED) is 0.0822. The number of ketones is 1. The Morgan fingerprint density at radius 1 is 0.750 bits per heavy atom. The van der Waals surface area contributed by atoms with Gasteiger partial charge >= 0.3 is 0 Å². The van der Waals surface area contributed by atoms with Gasteiger partial charge in [0.15, 0.2) is 5.78 Å². The summed E-state index contributed by atoms with van der Waals surface area (Å²) in [4.78, 5) is 16.7. The van der Waals surface area contributed by atoms with E-state index in [1.807, 2.05) is 26.0 Å². The van der Waals surface area contributed by atoms with Gasteiger partial charge in [0, 0.05) is 37.0 Å². The lowest BCUT2D eigenvalue weighted by Gasteiger charge is -2.21. The molecule has 3 rings (SSSR count). The standard InChI is InChI=1S/C36H54N2O5S/c1-6-11-15-34-35(32-28-31(20-21-33(32)43-34)44(40,41)38(22-9-4)23-10-5)36(39)29-16-18-30(19-17-29)42-27-14-26-37(24-12-7-2)25-13-8-3/h16-21,28H,6-15,22-27H2,1-5H3. The fourth-order valence-electron chi connectivity index (χ4n) is 5.47. The smallest absolute Gasteiger partial charge is 0.243 e. The van der Waals surface area contributed by atoms with Crippen LogP contribution in [0.2, 0.25) is 0 Å². The van der Waals surface area contributed by atoms with Crippen molar-refractivity contribution in [1.82, 2.24) is 9.21 Å². The number of ether oxygens (including phenoxy) is 1. The Hall–Kier alpha value is -2.68. The van der Waals surface area contributed by atoms with Crippen LogP contribution in [0.25, 0.3) is 11.0 Å². The zero-order valence-electron chi connectivity index (χ0n) is 27.7. The molecule has 0 aliphatic carbocycles. The summed E-state index contributed by atoms with van der Waals surface area (Å²) in [7, 11) is -3.70. The molecule has 0 N–H and O–H groups in total. The number of nitrogens with zero attached hydrogens (tertiary/aromatic N) is 2. The molecule has 0 amide bonds. The van der Waals surface area contributed by atoms with E-state index in [1.165, 1.54) is 30.0 Å². The first kappa shape index (κ1) is 35.8. The maximum absolute atomic E-state index is 14.0. The van der Waals surface area contributed by atoms with Crippen LogP contribution in [-0.2, 0) is 16.4 Å². The lowest BCUT2D eigenvalue weighted by atomic mass is 9.98. The number of hydrogen-bond acceptors (Lipinski definition) is 6. The number of carbonyl (C=O) groups excluding carboxylic acids is 1. The average Bonchev–Trinajstić information content (AvgIpc) is 3.40. The molecule has 0 fully saturated rings. The molecule has 2 aromatic carbocycles. The van der Waals surface area contributed by atoms with Crippen molar-refractivity contribution < 1.29 is 22.4 Å². The Kier molecular flexibility index (Phi) is 14.9. The highest BCUT2D eigenvalue weighted by atomic mass is 32.2. The van der Waals surface area contributed by atoms with Crippen LogP contribution >= 0.6 is 0 Å². The third-order valence-corrected chi connectivity index (χ3v) is 9.85. The van der Waals surface area contributed by atoms with E-state index in [4.69, 9.17) is 9.15 Å². The second kappa shape index (κ2) is 18.3. The third kappa shape index (κ3) is 9.66. The topological polar surface area (TPSA) is 80.1 Å². The normalized spacial score (nSPS) is 12.1. The zero-order valence-corrected chi connectivity index (χ0v) is 28.5. The maximum atomic E-state index is 14.0. The van der Waals surface area contributed by atoms with E-state index in [9.17, 15) is 13.2 Å². The lowest BCUT2D eigenvalue weighted by Crippen LogP contribution is -2.32. The summed E-state index contributed by atoms with van der Waals surface area (Å²) in [6.07, 6.45) is 9.70. The van der Waals surface area contributed by atoms with Crippen molar-refractivity contribution in [2.24, 2.45) is 0 Å². The molecule has 44 heavy (non-hydrogen) atoms. The number of unbranched alkanes of at least 4 members (excludes halogenated alkanes) is 3. The predicted molar refractivity (Wildman–Crippen MR) is 180 cm³/mol. The highest BCUT2D eigenvalue weighted by Crippen LogP contribution is 2.32. The minimum Gasteiger partial charge on any atom is -0.494 e. The molecule has 0 spiro atoms. The maximum Gasteiger partial charge on any atom is 0.243 e. The molecule has 7 nitrogen and oxygen atoms in total. The summed E-state index contributed by atoms with van der Waals surface area (Å²) in [5, 5.41) is 0.547. The molecular weight excluding hydrogens is 572 g/mol. The van der Waals surface area contributed by atoms with Gasteiger partial charge in [0.2, 0.25) is 10.0 Å². The number of sulfonamides is 1. The summed E-state index contributed by atoms with van der Waals surface area (Å²) >= 11 is 0. The highest BCUT2D eigenvalue weighted by Gasteiger charge is 2.27. The molecule has 3 aromatic rings. The second-order valence-electron chi connectivity index (χ2n) is 11.7. The fourth-order valence-corrected chi connectivity index (χ4v) is 7.12. The van der Waals surface area contributed by atoms with Crippen LogP contribution in [0.1, 0.15) is 114 Å². The Morgan fingerprint density at radius 3 is 1.95 bits per heavy atom. The number of aryl methyl sites for hydroxylation is 1. The second-order valence-corrected chi connectivity index (χ2v) is 13.6. The third-order valence-electron chi connectivity index (χ3n) is 7.96. The van der Waals surface area contributed by atoms with Crippen LogP contribution in [0.4, 0.5) is 0 Å². The van der Waals surface area contributed by atoms with Gasteiger partial charge in [-0.05, 0) is 94.1 Å². The molecule has 0 saturated carbocycles. The van der Waals surface area contributed by atoms with Gasteiger partial charge in [0.25, 0.3) is 0 Å². The molecule has 8 heteroatoms. The molecule has 244 valence electrons. The molecule has 1 heterocycles. The first-order valence-electron chi connectivity index (χ1n) is 16.9. The molecule has 0 unspecified atom stereocenters. The van der Waals surface area contributed by atoms with Gasteiger partial charge < -0.3 is 14.1 Å². The van der Waals surface area contributed by atoms with Crippen LogP contribution in [0.5, 0.6) is 5.75 Å². The van der Waals surface area contributed by atoms with Crippen LogP contribution in [0.15, 0.2) is 51.8 Å². The van der Waals surface area contributed by atoms with Crippen molar-refractivity contribution in [3.63, 3.8) is 0 Å². The van der Waals surface area contributed by atoms with Gasteiger partial charge in [-0.1, -0.05) is 53.9 Å². The van der Waals surface area contributed by atoms with E-state index in [0.29, 0.717) is 54.0 Å². The van der Waals surface area contributed by atoms with E-state index >= 15 is 0 Å². The van der Waals surface area contributed by atoms with Crippen molar-refractivity contribution >= 4 is 26.8 Å². The SMILES string of the molecule is CCCCc1oc2ccc(S(=O)(=O)N(CCC)CCC)cc2c1C(=O)c1ccc(OCCCN(CCCC)CCCC)cc1. The Labute approximate surface area is 266 Å². The van der Waals surface area contributed by atoms with Crippen molar-refractivity contribution in [1.29, 1.82) is 0 Å². The number of benzene rings is 2. The zero-order chi connectivity index (χ0) is 32.0. The summed E-state index contributed by atoms with van der Waals surface area (Å²) in [5.41, 5.74) is 1.51. The summed E-state index contributed by atoms with van der Waals surface area (Å²) in [6.45, 7) is 15.3. The molecular formula is C36H54N2O5S. The number of hydrogen-bond donors (Lipinski definition) is 0. The van der Waals surface area contributed by atoms with Crippen molar-refractivity contribution in [3.05, 3.63) is 59.4 Å². The Bertz CT molecular complexity index is 1380. The van der Waals surface area contributed by atoms with Gasteiger partial charge in [-0.15, -0.1) is 0 Å². The summed E-state index contributed by atoms with van der Waals surface area (Å²) in [5.74, 6) is 1.17. The van der Waals surface area contributed by atoms with E-state index in [0.717, 1.165) is 57.5 Å². The van der Waals surface area contributed by atoms with Crippen LogP contribution in [0, 0.1) is 0 Å². The first-order chi connectivity index (χ1) is 21.3. The monoisotopic (exact) mass is 626 g/mol. The van der Waals surface area contributed by atoms with Gasteiger partial charge in [0.05, 0.1) is 17.1 Å². The van der Waals surface area contributed by atoms with Crippen molar-refractivity contribution in [2.75, 3.05) is 39.3 Å². The van der Waals surface area contributed by atoms with Gasteiger partial charge in [-0.25, -0.2) is 8.42 Å². The minimum absolute atomic E-state index is 0.169. The largest absolute Gasteiger partial charge is 0.494 e. The van der Waals surface area contributed by atoms with Gasteiger partial charge in [0.1, 0.15) is 17.1 Å². The van der Waals surface area contributed by atoms with Gasteiger partial charge in [-0.2, -0.15) is 4.31 Å². The number of fused-ring (bicyclic) bond motifs is 1. The lowest BCUT2D eigenvalue weighted by molar-refractivity contribution is 0.103. The minimum atomic E-state index is -3.70. The molecule has 0 atom stereocenters. The van der Waals surface area contributed by atoms with Crippen molar-refractivity contribution in [2.45, 2.75) is 104 Å². The number of carbonyl (C=O) groups is 1. The highest BCUT2D eigenvalue weighted by molar-refractivity contribution is 7.89. The molecule has 0 radical (unpaired) electrons. The summed E-state index contributed by atoms with van der Waals surface area (Å²) < 4.78 is 40.8. The number of rotatable bonds is 22. The van der Waals surface area contributed by atoms with E-state index < -0.39 is 10.0 Å². The Morgan fingerprint density at radius 2 is 1.36 bits per heavy atom. The summed E-state index contributed by atoms with van der Waals surface area (Å²) in [6, 6.07) is 12.2. The molecule has 0 bridgehead atoms. The van der Waals surface area contributed by atoms with E-state index in [-0.39, 0.29) is 10.7 Å². The van der Waals surface area contributed by atoms with E-state index in [2.05, 4.69) is 25.7 Å². The fraction of sp³-hybridized carbons (Fsp3) is 0.583. The van der Waals surface area contributed by atoms with Crippen molar-refractivity contribution in [3.8, 4) is 5.75 Å². The number of furan rings is 1. The van der Waals surface area contributed by atoms with Crippen LogP contribution in [-0.4, -0.2) is 62.7 Å². The molecule has 0 aliphatic heterocycles. The van der Waals surface area contributed by atoms with Crippen LogP contribution in [0.3, 0.4) is 0 Å². The van der Waals surface area contributed by atoms with Crippen LogP contribution < -0.4 is 4.74 Å². The first-order valence-corrected chi connectivity index (χ1v) is 18.3. The Balaban J connectivity index is 1.81. The predicted octanol–water partition coefficient (Wildman–Crippen LogP) is 8.49.